The number of hydrogen-bond donors (Lipinski definition) is 0. The van der Waals surface area contributed by atoms with Gasteiger partial charge in [-0.2, -0.15) is 8.78 Å². The van der Waals surface area contributed by atoms with Crippen LogP contribution in [-0.4, -0.2) is 0 Å². The summed E-state index contributed by atoms with van der Waals surface area (Å²) in [7, 11) is 0. The molecule has 3 aromatic carbocycles. The second-order valence-corrected chi connectivity index (χ2v) is 12.0. The minimum Gasteiger partial charge on any atom is -0.429 e. The predicted molar refractivity (Wildman–Crippen MR) is 157 cm³/mol. The number of allylic oxidation sites excluding steroid dienone is 4. The van der Waals surface area contributed by atoms with Crippen LogP contribution in [0.3, 0.4) is 0 Å². The first-order chi connectivity index (χ1) is 21.5. The van der Waals surface area contributed by atoms with Gasteiger partial charge in [0.15, 0.2) is 23.3 Å². The van der Waals surface area contributed by atoms with E-state index in [9.17, 15) is 17.6 Å². The summed E-state index contributed by atoms with van der Waals surface area (Å²) in [5, 5.41) is 0. The van der Waals surface area contributed by atoms with Crippen LogP contribution in [0.25, 0.3) is 11.1 Å². The van der Waals surface area contributed by atoms with Crippen molar-refractivity contribution in [2.75, 3.05) is 0 Å². The number of ether oxygens (including phenoxy) is 1. The van der Waals surface area contributed by atoms with Gasteiger partial charge in [0.2, 0.25) is 0 Å². The topological polar surface area (TPSA) is 9.23 Å². The fourth-order valence-corrected chi connectivity index (χ4v) is 6.40. The summed E-state index contributed by atoms with van der Waals surface area (Å²) in [6.45, 7) is 2.20. The van der Waals surface area contributed by atoms with Crippen molar-refractivity contribution < 1.29 is 39.9 Å². The zero-order chi connectivity index (χ0) is 32.3. The molecular weight excluding hydrogens is 600 g/mol. The van der Waals surface area contributed by atoms with Crippen LogP contribution < -0.4 is 4.74 Å². The molecule has 1 unspecified atom stereocenters. The van der Waals surface area contributed by atoms with Gasteiger partial charge in [0.25, 0.3) is 0 Å². The summed E-state index contributed by atoms with van der Waals surface area (Å²) in [4.78, 5) is 0. The molecule has 0 aromatic heterocycles. The summed E-state index contributed by atoms with van der Waals surface area (Å²) in [6, 6.07) is 11.2. The lowest BCUT2D eigenvalue weighted by Gasteiger charge is -2.29. The molecule has 240 valence electrons. The van der Waals surface area contributed by atoms with Gasteiger partial charge in [0, 0.05) is 24.0 Å². The largest absolute Gasteiger partial charge is 0.429 e. The van der Waals surface area contributed by atoms with Crippen molar-refractivity contribution >= 4 is 0 Å². The van der Waals surface area contributed by atoms with Gasteiger partial charge < -0.3 is 4.74 Å². The molecule has 1 saturated carbocycles. The van der Waals surface area contributed by atoms with E-state index in [4.69, 9.17) is 0 Å². The van der Waals surface area contributed by atoms with Gasteiger partial charge in [0.1, 0.15) is 23.0 Å². The molecule has 0 saturated heterocycles. The Bertz CT molecular complexity index is 1570. The molecule has 0 amide bonds. The van der Waals surface area contributed by atoms with E-state index in [1.54, 1.807) is 12.1 Å². The molecule has 0 aliphatic heterocycles. The average Bonchev–Trinajstić information content (AvgIpc) is 3.01. The van der Waals surface area contributed by atoms with Crippen LogP contribution in [0.15, 0.2) is 78.2 Å². The first-order valence-electron chi connectivity index (χ1n) is 15.3. The first kappa shape index (κ1) is 32.8. The van der Waals surface area contributed by atoms with Crippen molar-refractivity contribution in [1.29, 1.82) is 0 Å². The average molecular weight is 635 g/mol. The second kappa shape index (κ2) is 13.8. The smallest absolute Gasteiger partial charge is 0.429 e. The van der Waals surface area contributed by atoms with Crippen molar-refractivity contribution in [2.24, 2.45) is 5.92 Å². The molecule has 0 radical (unpaired) electrons. The molecule has 1 fully saturated rings. The monoisotopic (exact) mass is 634 g/mol. The third kappa shape index (κ3) is 7.28. The molecule has 0 spiro atoms. The molecule has 1 atom stereocenters. The van der Waals surface area contributed by atoms with Gasteiger partial charge in [-0.1, -0.05) is 69.0 Å². The van der Waals surface area contributed by atoms with Gasteiger partial charge in [-0.3, -0.25) is 0 Å². The highest BCUT2D eigenvalue weighted by atomic mass is 19.3. The molecule has 9 heteroatoms. The van der Waals surface area contributed by atoms with Crippen LogP contribution in [0.5, 0.6) is 5.75 Å². The SMILES string of the molecule is CCCCCC1CCC(c2ccc(-c3ccc(C(F)(F)Oc4ccc(C5C=C(F)C(F)=C(F)C5)c(F)c4)c(F)c3F)cc2)CC1. The molecule has 45 heavy (non-hydrogen) atoms. The summed E-state index contributed by atoms with van der Waals surface area (Å²) in [5.74, 6) is -9.84. The van der Waals surface area contributed by atoms with Crippen LogP contribution in [0.1, 0.15) is 93.2 Å². The standard InChI is InChI=1S/C36H34F8O/c1-2-3-4-5-21-6-8-22(9-7-21)23-10-12-24(13-11-23)28-16-17-29(34(41)33(28)40)36(43,44)45-26-14-15-27(30(37)20-26)25-18-31(38)35(42)32(39)19-25/h10-18,20-22,25H,2-9,19H2,1H3. The minimum absolute atomic E-state index is 0.195. The molecule has 0 heterocycles. The Kier molecular flexibility index (Phi) is 10.0. The number of unbranched alkanes of at least 4 members (excludes halogenated alkanes) is 2. The fourth-order valence-electron chi connectivity index (χ4n) is 6.40. The zero-order valence-corrected chi connectivity index (χ0v) is 24.8. The molecule has 2 aliphatic rings. The molecule has 2 aliphatic carbocycles. The number of hydrogen-bond acceptors (Lipinski definition) is 1. The minimum atomic E-state index is -4.40. The highest BCUT2D eigenvalue weighted by molar-refractivity contribution is 5.65. The van der Waals surface area contributed by atoms with E-state index in [2.05, 4.69) is 11.7 Å². The molecule has 3 aromatic rings. The lowest BCUT2D eigenvalue weighted by atomic mass is 9.77. The van der Waals surface area contributed by atoms with Crippen LogP contribution in [0.4, 0.5) is 35.1 Å². The van der Waals surface area contributed by atoms with Gasteiger partial charge >= 0.3 is 6.11 Å². The third-order valence-electron chi connectivity index (χ3n) is 8.96. The van der Waals surface area contributed by atoms with Crippen LogP contribution >= 0.6 is 0 Å². The fraction of sp³-hybridized carbons (Fsp3) is 0.389. The first-order valence-corrected chi connectivity index (χ1v) is 15.3. The number of alkyl halides is 2. The Morgan fingerprint density at radius 3 is 2.16 bits per heavy atom. The van der Waals surface area contributed by atoms with Gasteiger partial charge in [-0.25, -0.2) is 26.3 Å². The maximum atomic E-state index is 15.1. The van der Waals surface area contributed by atoms with Crippen LogP contribution in [0.2, 0.25) is 0 Å². The van der Waals surface area contributed by atoms with E-state index < -0.39 is 64.7 Å². The van der Waals surface area contributed by atoms with Crippen molar-refractivity contribution in [3.8, 4) is 16.9 Å². The van der Waals surface area contributed by atoms with E-state index in [0.717, 1.165) is 42.5 Å². The lowest BCUT2D eigenvalue weighted by molar-refractivity contribution is -0.187. The van der Waals surface area contributed by atoms with E-state index in [-0.39, 0.29) is 11.1 Å². The van der Waals surface area contributed by atoms with Crippen LogP contribution in [0, 0.1) is 23.4 Å². The van der Waals surface area contributed by atoms with E-state index >= 15 is 17.6 Å². The van der Waals surface area contributed by atoms with Crippen molar-refractivity contribution in [3.63, 3.8) is 0 Å². The molecule has 0 bridgehead atoms. The summed E-state index contributed by atoms with van der Waals surface area (Å²) in [6.07, 6.45) is 5.09. The number of rotatable bonds is 10. The molecule has 1 nitrogen and oxygen atoms in total. The van der Waals surface area contributed by atoms with Gasteiger partial charge in [-0.05, 0) is 72.4 Å². The van der Waals surface area contributed by atoms with Crippen molar-refractivity contribution in [2.45, 2.75) is 82.7 Å². The molecule has 5 rings (SSSR count). The Balaban J connectivity index is 1.26. The van der Waals surface area contributed by atoms with Crippen molar-refractivity contribution in [1.82, 2.24) is 0 Å². The third-order valence-corrected chi connectivity index (χ3v) is 8.96. The normalized spacial score (nSPS) is 20.7. The maximum absolute atomic E-state index is 15.1. The summed E-state index contributed by atoms with van der Waals surface area (Å²) in [5.41, 5.74) is -0.429. The predicted octanol–water partition coefficient (Wildman–Crippen LogP) is 12.2. The quantitative estimate of drug-likeness (QED) is 0.159. The van der Waals surface area contributed by atoms with Crippen LogP contribution in [-0.2, 0) is 6.11 Å². The maximum Gasteiger partial charge on any atom is 0.429 e. The van der Waals surface area contributed by atoms with E-state index in [1.807, 2.05) is 12.1 Å². The van der Waals surface area contributed by atoms with E-state index in [0.29, 0.717) is 29.7 Å². The van der Waals surface area contributed by atoms with Gasteiger partial charge in [0.05, 0.1) is 0 Å². The number of benzene rings is 3. The highest BCUT2D eigenvalue weighted by Crippen LogP contribution is 2.42. The molecular formula is C36H34F8O. The highest BCUT2D eigenvalue weighted by Gasteiger charge is 2.40. The summed E-state index contributed by atoms with van der Waals surface area (Å²) >= 11 is 0. The molecule has 0 N–H and O–H groups in total. The Labute approximate surface area is 257 Å². The lowest BCUT2D eigenvalue weighted by Crippen LogP contribution is -2.24. The van der Waals surface area contributed by atoms with Gasteiger partial charge in [-0.15, -0.1) is 0 Å². The van der Waals surface area contributed by atoms with E-state index in [1.165, 1.54) is 38.5 Å². The van der Waals surface area contributed by atoms with Crippen molar-refractivity contribution in [3.05, 3.63) is 112 Å². The number of halogens is 8. The Morgan fingerprint density at radius 1 is 0.800 bits per heavy atom. The Hall–Kier alpha value is -3.62. The Morgan fingerprint density at radius 2 is 1.51 bits per heavy atom. The zero-order valence-electron chi connectivity index (χ0n) is 24.8. The summed E-state index contributed by atoms with van der Waals surface area (Å²) < 4.78 is 120. The second-order valence-electron chi connectivity index (χ2n) is 12.0.